The lowest BCUT2D eigenvalue weighted by atomic mass is 10.0. The second kappa shape index (κ2) is 11.3. The molecule has 0 unspecified atom stereocenters. The molecule has 1 aromatic heterocycles. The summed E-state index contributed by atoms with van der Waals surface area (Å²) in [4.78, 5) is 28.6. The lowest BCUT2D eigenvalue weighted by molar-refractivity contribution is -0.123. The number of carbonyl (C=O) groups excluding carboxylic acids is 1. The SMILES string of the molecule is O=C(O)N[C@@H](Cc1ccccc1)C(=O)N[C@H](/C=C/c1ccccn1)Cc1ccccc1. The Morgan fingerprint density at radius 3 is 2.03 bits per heavy atom. The highest BCUT2D eigenvalue weighted by Crippen LogP contribution is 2.09. The van der Waals surface area contributed by atoms with Gasteiger partial charge in [0.2, 0.25) is 5.91 Å². The molecule has 0 spiro atoms. The van der Waals surface area contributed by atoms with Gasteiger partial charge in [0.05, 0.1) is 11.7 Å². The monoisotopic (exact) mass is 415 g/mol. The molecule has 0 aliphatic rings. The van der Waals surface area contributed by atoms with E-state index in [1.165, 1.54) is 0 Å². The van der Waals surface area contributed by atoms with E-state index in [1.807, 2.05) is 91.0 Å². The number of carbonyl (C=O) groups is 2. The average molecular weight is 415 g/mol. The summed E-state index contributed by atoms with van der Waals surface area (Å²) in [6.07, 6.45) is 5.04. The van der Waals surface area contributed by atoms with Crippen LogP contribution in [0.4, 0.5) is 4.79 Å². The number of carboxylic acid groups (broad SMARTS) is 1. The third kappa shape index (κ3) is 7.44. The highest BCUT2D eigenvalue weighted by Gasteiger charge is 2.23. The summed E-state index contributed by atoms with van der Waals surface area (Å²) < 4.78 is 0. The van der Waals surface area contributed by atoms with Crippen LogP contribution in [0, 0.1) is 0 Å². The zero-order valence-corrected chi connectivity index (χ0v) is 17.0. The molecule has 0 bridgehead atoms. The molecule has 0 radical (unpaired) electrons. The maximum Gasteiger partial charge on any atom is 0.405 e. The van der Waals surface area contributed by atoms with E-state index in [0.29, 0.717) is 6.42 Å². The van der Waals surface area contributed by atoms with Crippen LogP contribution in [-0.4, -0.2) is 34.2 Å². The van der Waals surface area contributed by atoms with Gasteiger partial charge in [0.1, 0.15) is 6.04 Å². The van der Waals surface area contributed by atoms with Crippen LogP contribution >= 0.6 is 0 Å². The number of pyridine rings is 1. The van der Waals surface area contributed by atoms with E-state index in [2.05, 4.69) is 15.6 Å². The molecule has 6 heteroatoms. The first kappa shape index (κ1) is 21.8. The summed E-state index contributed by atoms with van der Waals surface area (Å²) in [7, 11) is 0. The average Bonchev–Trinajstić information content (AvgIpc) is 2.79. The molecule has 2 atom stereocenters. The van der Waals surface area contributed by atoms with Gasteiger partial charge < -0.3 is 15.7 Å². The van der Waals surface area contributed by atoms with Crippen LogP contribution in [0.1, 0.15) is 16.8 Å². The van der Waals surface area contributed by atoms with Gasteiger partial charge in [-0.1, -0.05) is 72.8 Å². The molecule has 0 aliphatic carbocycles. The van der Waals surface area contributed by atoms with Crippen molar-refractivity contribution < 1.29 is 14.7 Å². The predicted molar refractivity (Wildman–Crippen MR) is 120 cm³/mol. The molecule has 0 fully saturated rings. The van der Waals surface area contributed by atoms with E-state index in [-0.39, 0.29) is 18.4 Å². The van der Waals surface area contributed by atoms with E-state index in [4.69, 9.17) is 0 Å². The number of hydrogen-bond donors (Lipinski definition) is 3. The first-order valence-electron chi connectivity index (χ1n) is 10.1. The topological polar surface area (TPSA) is 91.3 Å². The van der Waals surface area contributed by atoms with Gasteiger partial charge in [-0.15, -0.1) is 0 Å². The fourth-order valence-electron chi connectivity index (χ4n) is 3.22. The highest BCUT2D eigenvalue weighted by molar-refractivity contribution is 5.86. The van der Waals surface area contributed by atoms with Crippen molar-refractivity contribution >= 4 is 18.1 Å². The van der Waals surface area contributed by atoms with E-state index < -0.39 is 12.1 Å². The van der Waals surface area contributed by atoms with Gasteiger partial charge in [-0.2, -0.15) is 0 Å². The Morgan fingerprint density at radius 2 is 1.45 bits per heavy atom. The molecule has 1 heterocycles. The molecule has 0 aliphatic heterocycles. The smallest absolute Gasteiger partial charge is 0.405 e. The molecule has 0 saturated carbocycles. The normalized spacial score (nSPS) is 12.8. The fraction of sp³-hybridized carbons (Fsp3) is 0.160. The number of nitrogens with one attached hydrogen (secondary N) is 2. The Hall–Kier alpha value is -3.93. The third-order valence-corrected chi connectivity index (χ3v) is 4.71. The van der Waals surface area contributed by atoms with Crippen molar-refractivity contribution in [2.75, 3.05) is 0 Å². The van der Waals surface area contributed by atoms with Gasteiger partial charge in [0, 0.05) is 12.6 Å². The van der Waals surface area contributed by atoms with Crippen molar-refractivity contribution in [3.8, 4) is 0 Å². The molecule has 2 amide bonds. The summed E-state index contributed by atoms with van der Waals surface area (Å²) in [6, 6.07) is 23.5. The zero-order chi connectivity index (χ0) is 21.9. The molecular weight excluding hydrogens is 390 g/mol. The first-order chi connectivity index (χ1) is 15.1. The first-order valence-corrected chi connectivity index (χ1v) is 10.1. The quantitative estimate of drug-likeness (QED) is 0.497. The molecule has 0 saturated heterocycles. The summed E-state index contributed by atoms with van der Waals surface area (Å²) in [6.45, 7) is 0. The second-order valence-electron chi connectivity index (χ2n) is 7.11. The van der Waals surface area contributed by atoms with Crippen LogP contribution in [-0.2, 0) is 17.6 Å². The van der Waals surface area contributed by atoms with E-state index >= 15 is 0 Å². The zero-order valence-electron chi connectivity index (χ0n) is 17.0. The fourth-order valence-corrected chi connectivity index (χ4v) is 3.22. The largest absolute Gasteiger partial charge is 0.465 e. The lowest BCUT2D eigenvalue weighted by Crippen LogP contribution is -2.50. The maximum absolute atomic E-state index is 13.0. The van der Waals surface area contributed by atoms with Crippen molar-refractivity contribution in [1.82, 2.24) is 15.6 Å². The number of nitrogens with zero attached hydrogens (tertiary/aromatic N) is 1. The number of amides is 2. The summed E-state index contributed by atoms with van der Waals surface area (Å²) in [5.41, 5.74) is 2.71. The Balaban J connectivity index is 1.76. The van der Waals surface area contributed by atoms with E-state index in [1.54, 1.807) is 6.20 Å². The Bertz CT molecular complexity index is 992. The molecular formula is C25H25N3O3. The molecule has 31 heavy (non-hydrogen) atoms. The number of benzene rings is 2. The van der Waals surface area contributed by atoms with E-state index in [0.717, 1.165) is 16.8 Å². The summed E-state index contributed by atoms with van der Waals surface area (Å²) in [5, 5.41) is 14.5. The van der Waals surface area contributed by atoms with Gasteiger partial charge in [-0.3, -0.25) is 9.78 Å². The summed E-state index contributed by atoms with van der Waals surface area (Å²) in [5.74, 6) is -0.377. The van der Waals surface area contributed by atoms with Crippen molar-refractivity contribution in [1.29, 1.82) is 0 Å². The molecule has 3 aromatic rings. The molecule has 6 nitrogen and oxygen atoms in total. The summed E-state index contributed by atoms with van der Waals surface area (Å²) >= 11 is 0. The molecule has 2 aromatic carbocycles. The Kier molecular flexibility index (Phi) is 7.94. The minimum absolute atomic E-state index is 0.265. The molecule has 158 valence electrons. The Labute approximate surface area is 181 Å². The minimum atomic E-state index is -1.24. The van der Waals surface area contributed by atoms with Gasteiger partial charge in [0.25, 0.3) is 0 Å². The standard InChI is InChI=1S/C25H25N3O3/c29-24(23(28-25(30)31)18-20-11-5-2-6-12-20)27-22(17-19-9-3-1-4-10-19)15-14-21-13-7-8-16-26-21/h1-16,22-23,28H,17-18H2,(H,27,29)(H,30,31)/b15-14+/t22-,23+/m1/s1. The number of rotatable bonds is 9. The van der Waals surface area contributed by atoms with Crippen LogP contribution in [0.2, 0.25) is 0 Å². The van der Waals surface area contributed by atoms with Gasteiger partial charge >= 0.3 is 6.09 Å². The minimum Gasteiger partial charge on any atom is -0.465 e. The van der Waals surface area contributed by atoms with Crippen molar-refractivity contribution in [2.24, 2.45) is 0 Å². The van der Waals surface area contributed by atoms with Crippen molar-refractivity contribution in [3.05, 3.63) is 108 Å². The molecule has 3 rings (SSSR count). The van der Waals surface area contributed by atoms with Crippen LogP contribution in [0.3, 0.4) is 0 Å². The van der Waals surface area contributed by atoms with Crippen LogP contribution in [0.5, 0.6) is 0 Å². The van der Waals surface area contributed by atoms with Crippen LogP contribution in [0.25, 0.3) is 6.08 Å². The van der Waals surface area contributed by atoms with Gasteiger partial charge in [0.15, 0.2) is 0 Å². The van der Waals surface area contributed by atoms with E-state index in [9.17, 15) is 14.7 Å². The van der Waals surface area contributed by atoms with Crippen LogP contribution < -0.4 is 10.6 Å². The van der Waals surface area contributed by atoms with Crippen molar-refractivity contribution in [2.45, 2.75) is 24.9 Å². The predicted octanol–water partition coefficient (Wildman–Crippen LogP) is 3.70. The Morgan fingerprint density at radius 1 is 0.839 bits per heavy atom. The highest BCUT2D eigenvalue weighted by atomic mass is 16.4. The molecule has 3 N–H and O–H groups in total. The maximum atomic E-state index is 13.0. The second-order valence-corrected chi connectivity index (χ2v) is 7.11. The third-order valence-electron chi connectivity index (χ3n) is 4.71. The lowest BCUT2D eigenvalue weighted by Gasteiger charge is -2.21. The van der Waals surface area contributed by atoms with Crippen molar-refractivity contribution in [3.63, 3.8) is 0 Å². The number of aromatic nitrogens is 1. The van der Waals surface area contributed by atoms with Gasteiger partial charge in [-0.25, -0.2) is 4.79 Å². The van der Waals surface area contributed by atoms with Gasteiger partial charge in [-0.05, 0) is 35.8 Å². The number of hydrogen-bond acceptors (Lipinski definition) is 3. The van der Waals surface area contributed by atoms with Crippen LogP contribution in [0.15, 0.2) is 91.1 Å².